The summed E-state index contributed by atoms with van der Waals surface area (Å²) >= 11 is 1.71. The van der Waals surface area contributed by atoms with Crippen molar-refractivity contribution in [1.29, 1.82) is 0 Å². The van der Waals surface area contributed by atoms with Crippen LogP contribution in [0, 0.1) is 6.92 Å². The zero-order valence-corrected chi connectivity index (χ0v) is 17.7. The molecule has 0 aliphatic carbocycles. The highest BCUT2D eigenvalue weighted by Gasteiger charge is 2.26. The minimum atomic E-state index is -3.35. The number of sulfone groups is 1. The lowest BCUT2D eigenvalue weighted by Gasteiger charge is -2.25. The number of hydrogen-bond acceptors (Lipinski definition) is 7. The van der Waals surface area contributed by atoms with Crippen molar-refractivity contribution in [3.8, 4) is 0 Å². The van der Waals surface area contributed by atoms with Crippen molar-refractivity contribution >= 4 is 39.5 Å². The minimum Gasteiger partial charge on any atom is -0.339 e. The summed E-state index contributed by atoms with van der Waals surface area (Å²) in [4.78, 5) is 12.5. The topological polar surface area (TPSA) is 75.2 Å². The number of aryl methyl sites for hydroxylation is 1. The molecule has 3 rings (SSSR count). The summed E-state index contributed by atoms with van der Waals surface area (Å²) in [6.45, 7) is 4.53. The first-order chi connectivity index (χ1) is 11.9. The van der Waals surface area contributed by atoms with Gasteiger partial charge >= 0.3 is 0 Å². The van der Waals surface area contributed by atoms with Gasteiger partial charge in [-0.3, -0.25) is 0 Å². The lowest BCUT2D eigenvalue weighted by atomic mass is 9.96. The number of aromatic nitrogens is 2. The Morgan fingerprint density at radius 3 is 2.77 bits per heavy atom. The van der Waals surface area contributed by atoms with Crippen LogP contribution >= 0.6 is 23.7 Å². The van der Waals surface area contributed by atoms with Crippen molar-refractivity contribution in [1.82, 2.24) is 15.3 Å². The van der Waals surface area contributed by atoms with Gasteiger partial charge in [0.1, 0.15) is 4.90 Å². The molecule has 1 unspecified atom stereocenters. The van der Waals surface area contributed by atoms with Gasteiger partial charge < -0.3 is 10.2 Å². The van der Waals surface area contributed by atoms with Gasteiger partial charge in [0.2, 0.25) is 5.95 Å². The molecule has 0 aromatic carbocycles. The van der Waals surface area contributed by atoms with E-state index in [-0.39, 0.29) is 23.2 Å². The minimum absolute atomic E-state index is 0. The quantitative estimate of drug-likeness (QED) is 0.807. The Hall–Kier alpha value is -1.22. The number of rotatable bonds is 5. The van der Waals surface area contributed by atoms with Gasteiger partial charge in [-0.05, 0) is 43.3 Å². The Balaban J connectivity index is 0.00000243. The second kappa shape index (κ2) is 8.65. The molecule has 1 saturated heterocycles. The molecule has 0 radical (unpaired) electrons. The molecule has 0 spiro atoms. The third-order valence-electron chi connectivity index (χ3n) is 4.54. The molecule has 0 amide bonds. The van der Waals surface area contributed by atoms with Gasteiger partial charge in [-0.25, -0.2) is 18.4 Å². The van der Waals surface area contributed by atoms with E-state index in [4.69, 9.17) is 0 Å². The highest BCUT2D eigenvalue weighted by atomic mass is 35.5. The van der Waals surface area contributed by atoms with Crippen LogP contribution in [0.15, 0.2) is 22.5 Å². The van der Waals surface area contributed by atoms with Crippen molar-refractivity contribution in [2.75, 3.05) is 31.3 Å². The number of piperidine rings is 1. The summed E-state index contributed by atoms with van der Waals surface area (Å²) in [5.74, 6) is 0.679. The molecule has 26 heavy (non-hydrogen) atoms. The Morgan fingerprint density at radius 1 is 1.42 bits per heavy atom. The standard InChI is InChI=1S/C17H24N4O2S2.ClH/c1-12-6-8-24-14(12)11-21(2)17-19-10-15(25(3,22)23)16(20-17)13-5-4-7-18-9-13;/h6,8,10,13,18H,4-5,7,9,11H2,1-3H3;1H. The number of hydrogen-bond donors (Lipinski definition) is 1. The third-order valence-corrected chi connectivity index (χ3v) is 6.66. The first kappa shape index (κ1) is 21.1. The molecule has 0 saturated carbocycles. The molecule has 144 valence electrons. The highest BCUT2D eigenvalue weighted by molar-refractivity contribution is 7.90. The van der Waals surface area contributed by atoms with E-state index >= 15 is 0 Å². The fraction of sp³-hybridized carbons (Fsp3) is 0.529. The summed E-state index contributed by atoms with van der Waals surface area (Å²) in [6, 6.07) is 2.10. The van der Waals surface area contributed by atoms with Crippen LogP contribution in [0.5, 0.6) is 0 Å². The van der Waals surface area contributed by atoms with Crippen molar-refractivity contribution in [3.63, 3.8) is 0 Å². The van der Waals surface area contributed by atoms with E-state index in [1.165, 1.54) is 22.9 Å². The summed E-state index contributed by atoms with van der Waals surface area (Å²) in [7, 11) is -1.41. The van der Waals surface area contributed by atoms with Gasteiger partial charge in [-0.15, -0.1) is 23.7 Å². The van der Waals surface area contributed by atoms with Crippen LogP contribution in [0.4, 0.5) is 5.95 Å². The Bertz CT molecular complexity index is 848. The average Bonchev–Trinajstić information content (AvgIpc) is 2.99. The molecule has 1 aliphatic rings. The Morgan fingerprint density at radius 2 is 2.19 bits per heavy atom. The number of anilines is 1. The van der Waals surface area contributed by atoms with Gasteiger partial charge in [0, 0.05) is 30.6 Å². The average molecular weight is 417 g/mol. The molecule has 6 nitrogen and oxygen atoms in total. The highest BCUT2D eigenvalue weighted by Crippen LogP contribution is 2.29. The van der Waals surface area contributed by atoms with E-state index < -0.39 is 9.84 Å². The number of halogens is 1. The second-order valence-electron chi connectivity index (χ2n) is 6.62. The van der Waals surface area contributed by atoms with Crippen molar-refractivity contribution in [2.45, 2.75) is 37.1 Å². The fourth-order valence-electron chi connectivity index (χ4n) is 3.07. The van der Waals surface area contributed by atoms with Gasteiger partial charge in [0.05, 0.1) is 18.4 Å². The molecule has 0 bridgehead atoms. The molecular formula is C17H25ClN4O2S2. The van der Waals surface area contributed by atoms with Crippen LogP contribution in [0.1, 0.15) is 34.9 Å². The van der Waals surface area contributed by atoms with Gasteiger partial charge in [0.25, 0.3) is 0 Å². The van der Waals surface area contributed by atoms with Crippen molar-refractivity contribution in [2.24, 2.45) is 0 Å². The maximum absolute atomic E-state index is 12.2. The van der Waals surface area contributed by atoms with Crippen LogP contribution in [-0.2, 0) is 16.4 Å². The number of nitrogens with zero attached hydrogens (tertiary/aromatic N) is 3. The summed E-state index contributed by atoms with van der Waals surface area (Å²) < 4.78 is 24.3. The lowest BCUT2D eigenvalue weighted by Crippen LogP contribution is -2.30. The summed E-state index contributed by atoms with van der Waals surface area (Å²) in [6.07, 6.45) is 4.67. The van der Waals surface area contributed by atoms with Gasteiger partial charge in [-0.1, -0.05) is 0 Å². The predicted molar refractivity (Wildman–Crippen MR) is 108 cm³/mol. The molecule has 3 heterocycles. The smallest absolute Gasteiger partial charge is 0.225 e. The van der Waals surface area contributed by atoms with E-state index in [0.29, 0.717) is 18.2 Å². The maximum atomic E-state index is 12.2. The number of nitrogens with one attached hydrogen (secondary N) is 1. The van der Waals surface area contributed by atoms with E-state index in [9.17, 15) is 8.42 Å². The zero-order chi connectivity index (χ0) is 18.0. The molecule has 1 aliphatic heterocycles. The molecular weight excluding hydrogens is 392 g/mol. The molecule has 2 aromatic rings. The van der Waals surface area contributed by atoms with Crippen molar-refractivity contribution in [3.05, 3.63) is 33.8 Å². The first-order valence-electron chi connectivity index (χ1n) is 8.38. The van der Waals surface area contributed by atoms with Gasteiger partial charge in [0.15, 0.2) is 9.84 Å². The van der Waals surface area contributed by atoms with E-state index in [1.807, 2.05) is 11.9 Å². The van der Waals surface area contributed by atoms with Crippen LogP contribution in [0.2, 0.25) is 0 Å². The molecule has 1 fully saturated rings. The summed E-state index contributed by atoms with van der Waals surface area (Å²) in [5.41, 5.74) is 1.90. The van der Waals surface area contributed by atoms with Crippen molar-refractivity contribution < 1.29 is 8.42 Å². The van der Waals surface area contributed by atoms with Crippen LogP contribution in [-0.4, -0.2) is 44.8 Å². The van der Waals surface area contributed by atoms with E-state index in [1.54, 1.807) is 11.3 Å². The van der Waals surface area contributed by atoms with Crippen LogP contribution < -0.4 is 10.2 Å². The fourth-order valence-corrected chi connectivity index (χ4v) is 4.87. The molecule has 1 atom stereocenters. The third kappa shape index (κ3) is 4.73. The SMILES string of the molecule is Cc1ccsc1CN(C)c1ncc(S(C)(=O)=O)c(C2CCCNC2)n1.Cl. The second-order valence-corrected chi connectivity index (χ2v) is 9.60. The zero-order valence-electron chi connectivity index (χ0n) is 15.2. The van der Waals surface area contributed by atoms with Gasteiger partial charge in [-0.2, -0.15) is 0 Å². The van der Waals surface area contributed by atoms with E-state index in [0.717, 1.165) is 25.9 Å². The van der Waals surface area contributed by atoms with E-state index in [2.05, 4.69) is 33.7 Å². The summed E-state index contributed by atoms with van der Waals surface area (Å²) in [5, 5.41) is 5.41. The lowest BCUT2D eigenvalue weighted by molar-refractivity contribution is 0.447. The van der Waals surface area contributed by atoms with Crippen LogP contribution in [0.3, 0.4) is 0 Å². The number of thiophene rings is 1. The molecule has 9 heteroatoms. The Labute approximate surface area is 165 Å². The normalized spacial score (nSPS) is 17.6. The Kier molecular flexibility index (Phi) is 7.01. The van der Waals surface area contributed by atoms with Crippen LogP contribution in [0.25, 0.3) is 0 Å². The first-order valence-corrected chi connectivity index (χ1v) is 11.1. The molecule has 1 N–H and O–H groups in total. The molecule has 2 aromatic heterocycles. The maximum Gasteiger partial charge on any atom is 0.225 e. The predicted octanol–water partition coefficient (Wildman–Crippen LogP) is 2.78. The monoisotopic (exact) mass is 416 g/mol. The largest absolute Gasteiger partial charge is 0.339 e.